The minimum absolute atomic E-state index is 0.326. The van der Waals surface area contributed by atoms with Gasteiger partial charge in [-0.05, 0) is 0 Å². The van der Waals surface area contributed by atoms with Crippen molar-refractivity contribution in [3.63, 3.8) is 0 Å². The van der Waals surface area contributed by atoms with Crippen molar-refractivity contribution in [1.82, 2.24) is 9.55 Å². The van der Waals surface area contributed by atoms with Gasteiger partial charge in [0.1, 0.15) is 0 Å². The normalized spacial score (nSPS) is 9.40. The molecule has 1 aromatic heterocycles. The number of carbonyl (C=O) groups is 1. The zero-order valence-corrected chi connectivity index (χ0v) is 5.87. The van der Waals surface area contributed by atoms with E-state index in [0.717, 1.165) is 0 Å². The van der Waals surface area contributed by atoms with Crippen LogP contribution in [-0.2, 0) is 11.8 Å². The maximum Gasteiger partial charge on any atom is 0.310 e. The van der Waals surface area contributed by atoms with Gasteiger partial charge in [0.25, 0.3) is 0 Å². The Morgan fingerprint density at radius 1 is 1.80 bits per heavy atom. The molecule has 0 bridgehead atoms. The molecule has 1 rings (SSSR count). The monoisotopic (exact) mass is 140 g/mol. The second-order valence-electron chi connectivity index (χ2n) is 1.91. The van der Waals surface area contributed by atoms with E-state index in [1.54, 1.807) is 24.0 Å². The predicted molar refractivity (Wildman–Crippen MR) is 34.5 cm³/mol. The number of ether oxygens (including phenoxy) is 1. The summed E-state index contributed by atoms with van der Waals surface area (Å²) in [4.78, 5) is 14.2. The first kappa shape index (κ1) is 6.80. The first-order valence-corrected chi connectivity index (χ1v) is 2.86. The second-order valence-corrected chi connectivity index (χ2v) is 1.91. The predicted octanol–water partition coefficient (Wildman–Crippen LogP) is 0.345. The number of aromatic nitrogens is 2. The lowest BCUT2D eigenvalue weighted by atomic mass is 10.8. The Hall–Kier alpha value is -1.32. The number of carbonyl (C=O) groups excluding carboxylic acids is 1. The lowest BCUT2D eigenvalue weighted by Crippen LogP contribution is -2.05. The van der Waals surface area contributed by atoms with Crippen molar-refractivity contribution in [2.24, 2.45) is 7.05 Å². The summed E-state index contributed by atoms with van der Waals surface area (Å²) >= 11 is 0. The highest BCUT2D eigenvalue weighted by molar-refractivity contribution is 5.68. The average Bonchev–Trinajstić information content (AvgIpc) is 2.15. The molecular formula is C6H8N2O2. The minimum atomic E-state index is -0.352. The SMILES string of the molecule is CC(=O)Oc1nccn1C. The van der Waals surface area contributed by atoms with E-state index < -0.39 is 0 Å². The van der Waals surface area contributed by atoms with Gasteiger partial charge in [0, 0.05) is 26.4 Å². The van der Waals surface area contributed by atoms with Gasteiger partial charge in [0.05, 0.1) is 0 Å². The quantitative estimate of drug-likeness (QED) is 0.528. The number of rotatable bonds is 1. The molecule has 0 atom stereocenters. The van der Waals surface area contributed by atoms with Gasteiger partial charge in [0.15, 0.2) is 0 Å². The number of hydrogen-bond donors (Lipinski definition) is 0. The third-order valence-corrected chi connectivity index (χ3v) is 1.01. The molecule has 0 aromatic carbocycles. The highest BCUT2D eigenvalue weighted by Gasteiger charge is 2.00. The van der Waals surface area contributed by atoms with Crippen LogP contribution >= 0.6 is 0 Å². The molecule has 0 aliphatic rings. The molecule has 0 amide bonds. The van der Waals surface area contributed by atoms with Crippen LogP contribution in [0.2, 0.25) is 0 Å². The van der Waals surface area contributed by atoms with Crippen LogP contribution in [0.3, 0.4) is 0 Å². The Morgan fingerprint density at radius 2 is 2.50 bits per heavy atom. The molecule has 0 radical (unpaired) electrons. The molecule has 0 unspecified atom stereocenters. The number of imidazole rings is 1. The first-order chi connectivity index (χ1) is 4.70. The topological polar surface area (TPSA) is 44.1 Å². The van der Waals surface area contributed by atoms with Crippen molar-refractivity contribution in [2.75, 3.05) is 0 Å². The number of hydrogen-bond acceptors (Lipinski definition) is 3. The molecule has 4 heteroatoms. The fourth-order valence-electron chi connectivity index (χ4n) is 0.579. The van der Waals surface area contributed by atoms with Crippen LogP contribution in [0.5, 0.6) is 6.01 Å². The van der Waals surface area contributed by atoms with E-state index in [0.29, 0.717) is 6.01 Å². The van der Waals surface area contributed by atoms with Crippen LogP contribution in [0, 0.1) is 0 Å². The summed E-state index contributed by atoms with van der Waals surface area (Å²) < 4.78 is 6.32. The van der Waals surface area contributed by atoms with Crippen LogP contribution in [0.15, 0.2) is 12.4 Å². The number of nitrogens with zero attached hydrogens (tertiary/aromatic N) is 2. The van der Waals surface area contributed by atoms with Crippen molar-refractivity contribution in [3.8, 4) is 6.01 Å². The van der Waals surface area contributed by atoms with Gasteiger partial charge in [-0.25, -0.2) is 4.98 Å². The van der Waals surface area contributed by atoms with Crippen LogP contribution in [0.4, 0.5) is 0 Å². The Balaban J connectivity index is 2.74. The third kappa shape index (κ3) is 1.34. The first-order valence-electron chi connectivity index (χ1n) is 2.86. The molecule has 1 aromatic rings. The molecule has 1 heterocycles. The lowest BCUT2D eigenvalue weighted by molar-refractivity contribution is -0.132. The highest BCUT2D eigenvalue weighted by Crippen LogP contribution is 2.03. The van der Waals surface area contributed by atoms with Crippen molar-refractivity contribution < 1.29 is 9.53 Å². The third-order valence-electron chi connectivity index (χ3n) is 1.01. The van der Waals surface area contributed by atoms with Gasteiger partial charge in [-0.3, -0.25) is 4.79 Å². The molecule has 4 nitrogen and oxygen atoms in total. The fourth-order valence-corrected chi connectivity index (χ4v) is 0.579. The summed E-state index contributed by atoms with van der Waals surface area (Å²) in [6, 6.07) is 0.326. The Bertz CT molecular complexity index is 242. The lowest BCUT2D eigenvalue weighted by Gasteiger charge is -1.97. The van der Waals surface area contributed by atoms with Gasteiger partial charge in [0.2, 0.25) is 0 Å². The summed E-state index contributed by atoms with van der Waals surface area (Å²) in [6.07, 6.45) is 3.27. The van der Waals surface area contributed by atoms with E-state index in [9.17, 15) is 4.79 Å². The average molecular weight is 140 g/mol. The highest BCUT2D eigenvalue weighted by atomic mass is 16.5. The van der Waals surface area contributed by atoms with Gasteiger partial charge >= 0.3 is 12.0 Å². The van der Waals surface area contributed by atoms with Gasteiger partial charge in [-0.15, -0.1) is 0 Å². The van der Waals surface area contributed by atoms with Crippen LogP contribution in [0.25, 0.3) is 0 Å². The zero-order valence-electron chi connectivity index (χ0n) is 5.87. The van der Waals surface area contributed by atoms with Crippen molar-refractivity contribution >= 4 is 5.97 Å². The summed E-state index contributed by atoms with van der Waals surface area (Å²) in [5, 5.41) is 0. The molecular weight excluding hydrogens is 132 g/mol. The van der Waals surface area contributed by atoms with Crippen molar-refractivity contribution in [3.05, 3.63) is 12.4 Å². The zero-order chi connectivity index (χ0) is 7.56. The molecule has 0 N–H and O–H groups in total. The van der Waals surface area contributed by atoms with E-state index in [1.807, 2.05) is 0 Å². The van der Waals surface area contributed by atoms with Gasteiger partial charge in [-0.2, -0.15) is 0 Å². The summed E-state index contributed by atoms with van der Waals surface area (Å²) in [5.41, 5.74) is 0. The maximum absolute atomic E-state index is 10.4. The van der Waals surface area contributed by atoms with Crippen LogP contribution in [-0.4, -0.2) is 15.5 Å². The van der Waals surface area contributed by atoms with Crippen LogP contribution < -0.4 is 4.74 Å². The van der Waals surface area contributed by atoms with E-state index in [4.69, 9.17) is 4.74 Å². The Labute approximate surface area is 58.4 Å². The largest absolute Gasteiger partial charge is 0.392 e. The molecule has 10 heavy (non-hydrogen) atoms. The minimum Gasteiger partial charge on any atom is -0.392 e. The molecule has 0 saturated heterocycles. The molecule has 0 saturated carbocycles. The maximum atomic E-state index is 10.4. The molecule has 0 aliphatic carbocycles. The number of aryl methyl sites for hydroxylation is 1. The van der Waals surface area contributed by atoms with Crippen molar-refractivity contribution in [2.45, 2.75) is 6.92 Å². The molecule has 0 fully saturated rings. The number of esters is 1. The summed E-state index contributed by atoms with van der Waals surface area (Å²) in [7, 11) is 1.76. The fraction of sp³-hybridized carbons (Fsp3) is 0.333. The van der Waals surface area contributed by atoms with Crippen LogP contribution in [0.1, 0.15) is 6.92 Å². The van der Waals surface area contributed by atoms with E-state index in [2.05, 4.69) is 4.98 Å². The van der Waals surface area contributed by atoms with Crippen molar-refractivity contribution in [1.29, 1.82) is 0 Å². The summed E-state index contributed by atoms with van der Waals surface area (Å²) in [5.74, 6) is -0.352. The Kier molecular flexibility index (Phi) is 1.71. The van der Waals surface area contributed by atoms with E-state index >= 15 is 0 Å². The molecule has 0 aliphatic heterocycles. The molecule has 54 valence electrons. The van der Waals surface area contributed by atoms with E-state index in [1.165, 1.54) is 6.92 Å². The standard InChI is InChI=1S/C6H8N2O2/c1-5(9)10-6-7-3-4-8(6)2/h3-4H,1-2H3. The summed E-state index contributed by atoms with van der Waals surface area (Å²) in [6.45, 7) is 1.34. The van der Waals surface area contributed by atoms with Gasteiger partial charge in [-0.1, -0.05) is 0 Å². The van der Waals surface area contributed by atoms with Gasteiger partial charge < -0.3 is 9.30 Å². The smallest absolute Gasteiger partial charge is 0.310 e. The second kappa shape index (κ2) is 2.51. The molecule has 0 spiro atoms. The Morgan fingerprint density at radius 3 is 2.90 bits per heavy atom. The van der Waals surface area contributed by atoms with E-state index in [-0.39, 0.29) is 5.97 Å².